The van der Waals surface area contributed by atoms with Crippen LogP contribution in [-0.2, 0) is 14.3 Å². The number of alkyl halides is 3. The molecule has 6 atom stereocenters. The molecule has 6 unspecified atom stereocenters. The third kappa shape index (κ3) is 4.52. The van der Waals surface area contributed by atoms with E-state index in [1.807, 2.05) is 0 Å². The zero-order valence-corrected chi connectivity index (χ0v) is 13.8. The van der Waals surface area contributed by atoms with Crippen LogP contribution in [0.15, 0.2) is 11.8 Å². The van der Waals surface area contributed by atoms with Crippen molar-refractivity contribution < 1.29 is 42.8 Å². The molecular formula is C15H18F3N3O6. The van der Waals surface area contributed by atoms with Gasteiger partial charge in [-0.1, -0.05) is 11.8 Å². The van der Waals surface area contributed by atoms with E-state index in [-0.39, 0.29) is 18.5 Å². The van der Waals surface area contributed by atoms with E-state index < -0.39 is 55.8 Å². The Morgan fingerprint density at radius 2 is 2.11 bits per heavy atom. The summed E-state index contributed by atoms with van der Waals surface area (Å²) >= 11 is 0. The number of ether oxygens (including phenoxy) is 2. The first-order valence-corrected chi connectivity index (χ1v) is 8.07. The molecule has 0 aromatic heterocycles. The zero-order chi connectivity index (χ0) is 19.8. The minimum atomic E-state index is -4.44. The summed E-state index contributed by atoms with van der Waals surface area (Å²) in [6, 6.07) is 0. The van der Waals surface area contributed by atoms with Gasteiger partial charge >= 0.3 is 6.18 Å². The molecule has 3 heterocycles. The van der Waals surface area contributed by atoms with Crippen LogP contribution in [0.5, 0.6) is 0 Å². The fourth-order valence-electron chi connectivity index (χ4n) is 2.75. The van der Waals surface area contributed by atoms with Crippen LogP contribution in [0.1, 0.15) is 6.42 Å². The van der Waals surface area contributed by atoms with Gasteiger partial charge in [0.1, 0.15) is 24.1 Å². The lowest BCUT2D eigenvalue weighted by Gasteiger charge is -2.35. The molecule has 12 heteroatoms. The van der Waals surface area contributed by atoms with Gasteiger partial charge in [0.2, 0.25) is 6.35 Å². The van der Waals surface area contributed by atoms with Crippen molar-refractivity contribution in [2.24, 2.45) is 0 Å². The Labute approximate surface area is 151 Å². The molecule has 2 fully saturated rings. The Balaban J connectivity index is 1.59. The number of nitrogens with zero attached hydrogens (tertiary/aromatic N) is 1. The van der Waals surface area contributed by atoms with Crippen molar-refractivity contribution in [3.8, 4) is 11.8 Å². The predicted molar refractivity (Wildman–Crippen MR) is 80.9 cm³/mol. The fraction of sp³-hybridized carbons (Fsp3) is 0.667. The van der Waals surface area contributed by atoms with E-state index in [9.17, 15) is 28.2 Å². The number of halogens is 3. The largest absolute Gasteiger partial charge is 0.418 e. The van der Waals surface area contributed by atoms with Crippen molar-refractivity contribution >= 4 is 5.91 Å². The number of aliphatic hydroxyl groups is 3. The molecule has 0 saturated carbocycles. The summed E-state index contributed by atoms with van der Waals surface area (Å²) in [4.78, 5) is 13.1. The molecule has 27 heavy (non-hydrogen) atoms. The van der Waals surface area contributed by atoms with Gasteiger partial charge in [0, 0.05) is 12.6 Å². The van der Waals surface area contributed by atoms with Gasteiger partial charge in [-0.25, -0.2) is 0 Å². The van der Waals surface area contributed by atoms with Gasteiger partial charge in [0.25, 0.3) is 5.91 Å². The maximum absolute atomic E-state index is 12.3. The molecule has 0 aliphatic carbocycles. The van der Waals surface area contributed by atoms with Crippen molar-refractivity contribution in [1.82, 2.24) is 15.5 Å². The van der Waals surface area contributed by atoms with E-state index in [0.29, 0.717) is 0 Å². The second-order valence-corrected chi connectivity index (χ2v) is 6.15. The van der Waals surface area contributed by atoms with E-state index in [1.54, 1.807) is 0 Å². The van der Waals surface area contributed by atoms with Gasteiger partial charge in [0.05, 0.1) is 19.3 Å². The van der Waals surface area contributed by atoms with Crippen LogP contribution >= 0.6 is 0 Å². The normalized spacial score (nSPS) is 36.0. The smallest absolute Gasteiger partial charge is 0.394 e. The Kier molecular flexibility index (Phi) is 5.61. The topological polar surface area (TPSA) is 127 Å². The zero-order valence-electron chi connectivity index (χ0n) is 13.8. The highest BCUT2D eigenvalue weighted by atomic mass is 19.4. The summed E-state index contributed by atoms with van der Waals surface area (Å²) in [5.41, 5.74) is -0.0447. The molecule has 9 nitrogen and oxygen atoms in total. The van der Waals surface area contributed by atoms with Crippen LogP contribution in [0.25, 0.3) is 0 Å². The summed E-state index contributed by atoms with van der Waals surface area (Å²) in [5, 5.41) is 33.5. The molecule has 3 aliphatic heterocycles. The molecular weight excluding hydrogens is 375 g/mol. The Morgan fingerprint density at radius 3 is 2.70 bits per heavy atom. The first-order valence-electron chi connectivity index (χ1n) is 8.07. The quantitative estimate of drug-likeness (QED) is 0.272. The van der Waals surface area contributed by atoms with Gasteiger partial charge in [-0.15, -0.1) is 0 Å². The third-order valence-corrected chi connectivity index (χ3v) is 4.21. The molecule has 0 aromatic rings. The van der Waals surface area contributed by atoms with Gasteiger partial charge in [-0.05, 0) is 0 Å². The second kappa shape index (κ2) is 7.63. The summed E-state index contributed by atoms with van der Waals surface area (Å²) in [5.74, 6) is 4.34. The lowest BCUT2D eigenvalue weighted by atomic mass is 10.1. The number of epoxide rings is 1. The van der Waals surface area contributed by atoms with Crippen LogP contribution in [0.3, 0.4) is 0 Å². The molecule has 2 saturated heterocycles. The van der Waals surface area contributed by atoms with E-state index in [1.165, 1.54) is 11.1 Å². The van der Waals surface area contributed by atoms with Gasteiger partial charge < -0.3 is 35.0 Å². The van der Waals surface area contributed by atoms with Gasteiger partial charge in [-0.2, -0.15) is 13.2 Å². The van der Waals surface area contributed by atoms with Crippen LogP contribution in [0.2, 0.25) is 0 Å². The Morgan fingerprint density at radius 1 is 1.37 bits per heavy atom. The van der Waals surface area contributed by atoms with E-state index >= 15 is 0 Å². The molecule has 150 valence electrons. The van der Waals surface area contributed by atoms with Crippen molar-refractivity contribution in [1.29, 1.82) is 0 Å². The van der Waals surface area contributed by atoms with E-state index in [0.717, 1.165) is 0 Å². The van der Waals surface area contributed by atoms with Gasteiger partial charge in [-0.3, -0.25) is 10.1 Å². The average Bonchev–Trinajstić information content (AvgIpc) is 3.28. The highest BCUT2D eigenvalue weighted by Crippen LogP contribution is 2.36. The molecule has 1 amide bonds. The molecule has 3 aliphatic rings. The van der Waals surface area contributed by atoms with E-state index in [2.05, 4.69) is 27.2 Å². The van der Waals surface area contributed by atoms with Crippen LogP contribution in [-0.4, -0.2) is 82.6 Å². The Hall–Kier alpha value is -1.88. The molecule has 5 N–H and O–H groups in total. The number of hydrogen-bond acceptors (Lipinski definition) is 8. The van der Waals surface area contributed by atoms with Crippen molar-refractivity contribution in [2.45, 2.75) is 49.7 Å². The first kappa shape index (κ1) is 19.9. The minimum Gasteiger partial charge on any atom is -0.394 e. The number of hydrogen-bond donors (Lipinski definition) is 5. The number of carbonyl (C=O) groups is 1. The average molecular weight is 393 g/mol. The molecule has 0 aromatic carbocycles. The number of nitrogens with one attached hydrogen (secondary N) is 2. The molecule has 0 radical (unpaired) electrons. The minimum absolute atomic E-state index is 0.0447. The Bertz CT molecular complexity index is 676. The number of aliphatic hydroxyl groups excluding tert-OH is 3. The SMILES string of the molecule is O=C1NC(O)N(C2CC(O)C(CO)O2)C=C1C#CCNC1OC1C(F)(F)F. The summed E-state index contributed by atoms with van der Waals surface area (Å²) < 4.78 is 46.8. The molecule has 3 rings (SSSR count). The maximum atomic E-state index is 12.3. The van der Waals surface area contributed by atoms with Crippen LogP contribution in [0.4, 0.5) is 13.2 Å². The summed E-state index contributed by atoms with van der Waals surface area (Å²) in [6.45, 7) is -0.548. The van der Waals surface area contributed by atoms with E-state index in [4.69, 9.17) is 9.84 Å². The first-order chi connectivity index (χ1) is 12.7. The highest BCUT2D eigenvalue weighted by molar-refractivity contribution is 5.98. The molecule has 0 bridgehead atoms. The summed E-state index contributed by atoms with van der Waals surface area (Å²) in [6.07, 6.45) is -10.1. The monoisotopic (exact) mass is 393 g/mol. The van der Waals surface area contributed by atoms with Crippen LogP contribution < -0.4 is 10.6 Å². The van der Waals surface area contributed by atoms with Crippen molar-refractivity contribution in [3.63, 3.8) is 0 Å². The number of carbonyl (C=O) groups excluding carboxylic acids is 1. The summed E-state index contributed by atoms with van der Waals surface area (Å²) in [7, 11) is 0. The van der Waals surface area contributed by atoms with Crippen LogP contribution in [0, 0.1) is 11.8 Å². The third-order valence-electron chi connectivity index (χ3n) is 4.21. The van der Waals surface area contributed by atoms with Crippen molar-refractivity contribution in [3.05, 3.63) is 11.8 Å². The number of rotatable bonds is 4. The number of amides is 1. The van der Waals surface area contributed by atoms with Gasteiger partial charge in [0.15, 0.2) is 6.10 Å². The maximum Gasteiger partial charge on any atom is 0.418 e. The highest BCUT2D eigenvalue weighted by Gasteiger charge is 2.57. The lowest BCUT2D eigenvalue weighted by molar-refractivity contribution is -0.146. The predicted octanol–water partition coefficient (Wildman–Crippen LogP) is -2.07. The second-order valence-electron chi connectivity index (χ2n) is 6.15. The molecule has 0 spiro atoms. The standard InChI is InChI=1S/C15H18F3N3O6/c16-15(17,18)11-13(27-11)19-3-1-2-7-5-21(14(25)20-12(7)24)10-4-8(23)9(6-22)26-10/h5,8-11,13-14,19,22-23,25H,3-4,6H2,(H,20,24). The lowest BCUT2D eigenvalue weighted by Crippen LogP contribution is -2.53. The van der Waals surface area contributed by atoms with Crippen molar-refractivity contribution in [2.75, 3.05) is 13.2 Å². The fourth-order valence-corrected chi connectivity index (χ4v) is 2.75.